The number of hydrogen-bond donors (Lipinski definition) is 2. The molecular formula is C14H24O4. The van der Waals surface area contributed by atoms with Gasteiger partial charge in [-0.05, 0) is 31.1 Å². The summed E-state index contributed by atoms with van der Waals surface area (Å²) < 4.78 is 0. The lowest BCUT2D eigenvalue weighted by Gasteiger charge is -2.45. The van der Waals surface area contributed by atoms with Gasteiger partial charge in [0, 0.05) is 0 Å². The van der Waals surface area contributed by atoms with Gasteiger partial charge in [0.2, 0.25) is 0 Å². The Labute approximate surface area is 108 Å². The van der Waals surface area contributed by atoms with Gasteiger partial charge in [0.15, 0.2) is 0 Å². The summed E-state index contributed by atoms with van der Waals surface area (Å²) in [6.45, 7) is 3.70. The van der Waals surface area contributed by atoms with Crippen LogP contribution in [0.15, 0.2) is 0 Å². The normalized spacial score (nSPS) is 22.1. The van der Waals surface area contributed by atoms with Gasteiger partial charge in [-0.15, -0.1) is 0 Å². The molecule has 2 unspecified atom stereocenters. The van der Waals surface area contributed by atoms with E-state index in [1.165, 1.54) is 0 Å². The number of rotatable bonds is 6. The molecule has 2 N–H and O–H groups in total. The average Bonchev–Trinajstić information content (AvgIpc) is 2.30. The Morgan fingerprint density at radius 3 is 1.61 bits per heavy atom. The molecule has 1 aliphatic rings. The molecule has 1 aliphatic carbocycles. The first-order chi connectivity index (χ1) is 8.49. The van der Waals surface area contributed by atoms with Crippen LogP contribution >= 0.6 is 0 Å². The highest BCUT2D eigenvalue weighted by Crippen LogP contribution is 2.50. The summed E-state index contributed by atoms with van der Waals surface area (Å²) in [4.78, 5) is 23.0. The monoisotopic (exact) mass is 256 g/mol. The van der Waals surface area contributed by atoms with Gasteiger partial charge in [0.05, 0.1) is 11.8 Å². The smallest absolute Gasteiger partial charge is 0.307 e. The largest absolute Gasteiger partial charge is 0.481 e. The molecule has 0 bridgehead atoms. The molecule has 1 rings (SSSR count). The van der Waals surface area contributed by atoms with Crippen molar-refractivity contribution in [1.29, 1.82) is 0 Å². The highest BCUT2D eigenvalue weighted by molar-refractivity contribution is 5.75. The van der Waals surface area contributed by atoms with Crippen molar-refractivity contribution in [2.75, 3.05) is 0 Å². The maximum Gasteiger partial charge on any atom is 0.307 e. The summed E-state index contributed by atoms with van der Waals surface area (Å²) in [5, 5.41) is 18.8. The molecule has 4 nitrogen and oxygen atoms in total. The van der Waals surface area contributed by atoms with Crippen molar-refractivity contribution in [2.45, 2.75) is 58.8 Å². The van der Waals surface area contributed by atoms with Crippen LogP contribution in [0.2, 0.25) is 0 Å². The summed E-state index contributed by atoms with van der Waals surface area (Å²) in [6, 6.07) is 0. The zero-order chi connectivity index (χ0) is 13.8. The van der Waals surface area contributed by atoms with Crippen LogP contribution in [0.25, 0.3) is 0 Å². The quantitative estimate of drug-likeness (QED) is 0.765. The summed E-state index contributed by atoms with van der Waals surface area (Å²) in [7, 11) is 0. The highest BCUT2D eigenvalue weighted by atomic mass is 16.4. The second kappa shape index (κ2) is 6.21. The van der Waals surface area contributed by atoms with Crippen molar-refractivity contribution in [3.8, 4) is 0 Å². The Morgan fingerprint density at radius 2 is 1.33 bits per heavy atom. The van der Waals surface area contributed by atoms with Gasteiger partial charge in [-0.2, -0.15) is 0 Å². The fourth-order valence-electron chi connectivity index (χ4n) is 3.80. The summed E-state index contributed by atoms with van der Waals surface area (Å²) >= 11 is 0. The van der Waals surface area contributed by atoms with Gasteiger partial charge in [-0.25, -0.2) is 0 Å². The van der Waals surface area contributed by atoms with Crippen LogP contribution in [0.1, 0.15) is 58.8 Å². The fourth-order valence-corrected chi connectivity index (χ4v) is 3.80. The molecular weight excluding hydrogens is 232 g/mol. The van der Waals surface area contributed by atoms with Crippen LogP contribution in [-0.4, -0.2) is 22.2 Å². The summed E-state index contributed by atoms with van der Waals surface area (Å²) in [5.74, 6) is -2.73. The zero-order valence-electron chi connectivity index (χ0n) is 11.3. The summed E-state index contributed by atoms with van der Waals surface area (Å²) in [6.07, 6.45) is 5.50. The Morgan fingerprint density at radius 1 is 0.944 bits per heavy atom. The average molecular weight is 256 g/mol. The van der Waals surface area contributed by atoms with Gasteiger partial charge < -0.3 is 10.2 Å². The van der Waals surface area contributed by atoms with Crippen molar-refractivity contribution in [3.63, 3.8) is 0 Å². The molecule has 18 heavy (non-hydrogen) atoms. The lowest BCUT2D eigenvalue weighted by Crippen LogP contribution is -2.46. The predicted octanol–water partition coefficient (Wildman–Crippen LogP) is 3.16. The number of carbonyl (C=O) groups is 2. The van der Waals surface area contributed by atoms with E-state index in [4.69, 9.17) is 0 Å². The minimum atomic E-state index is -0.834. The Kier molecular flexibility index (Phi) is 5.17. The molecule has 0 aromatic heterocycles. The number of aliphatic carboxylic acids is 2. The molecule has 0 spiro atoms. The van der Waals surface area contributed by atoms with Gasteiger partial charge in [-0.3, -0.25) is 9.59 Å². The molecule has 0 aromatic carbocycles. The van der Waals surface area contributed by atoms with Crippen LogP contribution in [0.3, 0.4) is 0 Å². The van der Waals surface area contributed by atoms with Crippen molar-refractivity contribution >= 4 is 11.9 Å². The minimum absolute atomic E-state index is 0.513. The maximum absolute atomic E-state index is 11.5. The van der Waals surface area contributed by atoms with E-state index < -0.39 is 29.2 Å². The highest BCUT2D eigenvalue weighted by Gasteiger charge is 2.50. The maximum atomic E-state index is 11.5. The third-order valence-electron chi connectivity index (χ3n) is 4.59. The van der Waals surface area contributed by atoms with E-state index in [0.29, 0.717) is 12.8 Å². The minimum Gasteiger partial charge on any atom is -0.481 e. The Bertz CT molecular complexity index is 281. The van der Waals surface area contributed by atoms with Gasteiger partial charge >= 0.3 is 11.9 Å². The summed E-state index contributed by atoms with van der Waals surface area (Å²) in [5.41, 5.74) is -0.542. The zero-order valence-corrected chi connectivity index (χ0v) is 11.3. The molecule has 0 radical (unpaired) electrons. The molecule has 104 valence electrons. The van der Waals surface area contributed by atoms with Crippen LogP contribution in [-0.2, 0) is 9.59 Å². The molecule has 0 aliphatic heterocycles. The second-order valence-electron chi connectivity index (χ2n) is 5.39. The van der Waals surface area contributed by atoms with E-state index in [1.807, 2.05) is 13.8 Å². The SMILES string of the molecule is CCC(C(=O)O)C1(C(CC)C(=O)O)CCCCC1. The molecule has 1 fully saturated rings. The Hall–Kier alpha value is -1.06. The van der Waals surface area contributed by atoms with Crippen molar-refractivity contribution in [1.82, 2.24) is 0 Å². The van der Waals surface area contributed by atoms with Gasteiger partial charge in [0.25, 0.3) is 0 Å². The lowest BCUT2D eigenvalue weighted by atomic mass is 9.57. The van der Waals surface area contributed by atoms with Crippen molar-refractivity contribution in [2.24, 2.45) is 17.3 Å². The number of carboxylic acids is 2. The van der Waals surface area contributed by atoms with Crippen LogP contribution in [0, 0.1) is 17.3 Å². The van der Waals surface area contributed by atoms with E-state index in [0.717, 1.165) is 32.1 Å². The molecule has 0 amide bonds. The topological polar surface area (TPSA) is 74.6 Å². The van der Waals surface area contributed by atoms with Gasteiger partial charge in [0.1, 0.15) is 0 Å². The molecule has 2 atom stereocenters. The molecule has 0 heterocycles. The van der Waals surface area contributed by atoms with Crippen molar-refractivity contribution in [3.05, 3.63) is 0 Å². The van der Waals surface area contributed by atoms with E-state index in [9.17, 15) is 19.8 Å². The third kappa shape index (κ3) is 2.68. The first-order valence-electron chi connectivity index (χ1n) is 6.95. The predicted molar refractivity (Wildman–Crippen MR) is 68.4 cm³/mol. The van der Waals surface area contributed by atoms with Crippen molar-refractivity contribution < 1.29 is 19.8 Å². The molecule has 0 aromatic rings. The lowest BCUT2D eigenvalue weighted by molar-refractivity contribution is -0.159. The number of hydrogen-bond acceptors (Lipinski definition) is 2. The Balaban J connectivity index is 3.14. The second-order valence-corrected chi connectivity index (χ2v) is 5.39. The van der Waals surface area contributed by atoms with Crippen LogP contribution < -0.4 is 0 Å². The van der Waals surface area contributed by atoms with E-state index in [1.54, 1.807) is 0 Å². The third-order valence-corrected chi connectivity index (χ3v) is 4.59. The molecule has 4 heteroatoms. The van der Waals surface area contributed by atoms with Gasteiger partial charge in [-0.1, -0.05) is 33.1 Å². The first kappa shape index (κ1) is 15.0. The standard InChI is InChI=1S/C14H24O4/c1-3-10(12(15)16)14(8-6-5-7-9-14)11(4-2)13(17)18/h10-11H,3-9H2,1-2H3,(H,15,16)(H,17,18). The fraction of sp³-hybridized carbons (Fsp3) is 0.857. The van der Waals surface area contributed by atoms with E-state index >= 15 is 0 Å². The van der Waals surface area contributed by atoms with E-state index in [-0.39, 0.29) is 0 Å². The molecule has 1 saturated carbocycles. The first-order valence-corrected chi connectivity index (χ1v) is 6.95. The number of carboxylic acid groups (broad SMARTS) is 2. The van der Waals surface area contributed by atoms with E-state index in [2.05, 4.69) is 0 Å². The van der Waals surface area contributed by atoms with Crippen LogP contribution in [0.5, 0.6) is 0 Å². The molecule has 0 saturated heterocycles. The van der Waals surface area contributed by atoms with Crippen LogP contribution in [0.4, 0.5) is 0 Å².